The molecular weight excluding hydrogens is 250 g/mol. The molecule has 0 saturated heterocycles. The molecule has 0 aromatic heterocycles. The van der Waals surface area contributed by atoms with Gasteiger partial charge >= 0.3 is 5.97 Å². The van der Waals surface area contributed by atoms with E-state index >= 15 is 0 Å². The van der Waals surface area contributed by atoms with E-state index in [9.17, 15) is 13.2 Å². The maximum atomic E-state index is 11.7. The minimum atomic E-state index is -3.85. The fourth-order valence-electron chi connectivity index (χ4n) is 1.07. The molecule has 7 nitrogen and oxygen atoms in total. The first-order valence-corrected chi connectivity index (χ1v) is 6.62. The van der Waals surface area contributed by atoms with Crippen molar-refractivity contribution in [2.45, 2.75) is 24.6 Å². The van der Waals surface area contributed by atoms with Crippen LogP contribution in [0.5, 0.6) is 0 Å². The molecule has 0 amide bonds. The normalized spacial score (nSPS) is 15.3. The van der Waals surface area contributed by atoms with Crippen LogP contribution in [0.4, 0.5) is 0 Å². The summed E-state index contributed by atoms with van der Waals surface area (Å²) in [5, 5.41) is 7.68. The van der Waals surface area contributed by atoms with Crippen molar-refractivity contribution in [1.82, 2.24) is 4.72 Å². The number of methoxy groups -OCH3 is 2. The number of sulfonamides is 1. The second-order valence-electron chi connectivity index (χ2n) is 3.49. The van der Waals surface area contributed by atoms with E-state index in [0.29, 0.717) is 13.0 Å². The summed E-state index contributed by atoms with van der Waals surface area (Å²) in [6.45, 7) is 1.16. The molecule has 2 N–H and O–H groups in total. The van der Waals surface area contributed by atoms with Crippen LogP contribution in [-0.4, -0.2) is 58.2 Å². The summed E-state index contributed by atoms with van der Waals surface area (Å²) in [5.74, 6) is -0.846. The van der Waals surface area contributed by atoms with Crippen LogP contribution in [0.15, 0.2) is 0 Å². The molecule has 0 aliphatic rings. The second kappa shape index (κ2) is 7.59. The van der Waals surface area contributed by atoms with E-state index in [4.69, 9.17) is 9.84 Å². The summed E-state index contributed by atoms with van der Waals surface area (Å²) >= 11 is 0. The van der Waals surface area contributed by atoms with Crippen LogP contribution in [0.2, 0.25) is 0 Å². The quantitative estimate of drug-likeness (QED) is 0.540. The predicted octanol–water partition coefficient (Wildman–Crippen LogP) is -1.14. The fraction of sp³-hybridized carbons (Fsp3) is 0.889. The van der Waals surface area contributed by atoms with Crippen LogP contribution in [-0.2, 0) is 24.3 Å². The van der Waals surface area contributed by atoms with Gasteiger partial charge in [0.25, 0.3) is 0 Å². The van der Waals surface area contributed by atoms with Crippen molar-refractivity contribution in [3.05, 3.63) is 0 Å². The number of hydrogen-bond acceptors (Lipinski definition) is 6. The number of rotatable bonds is 8. The third-order valence-corrected chi connectivity index (χ3v) is 4.01. The molecule has 0 radical (unpaired) electrons. The molecule has 0 aromatic rings. The van der Waals surface area contributed by atoms with Crippen LogP contribution < -0.4 is 4.72 Å². The molecule has 8 heteroatoms. The molecule has 17 heavy (non-hydrogen) atoms. The SMILES string of the molecule is COCCC(CO)NS(=O)(=O)C(C)C(=O)OC. The Kier molecular flexibility index (Phi) is 7.28. The van der Waals surface area contributed by atoms with Crippen LogP contribution in [0, 0.1) is 0 Å². The van der Waals surface area contributed by atoms with Gasteiger partial charge in [-0.1, -0.05) is 0 Å². The second-order valence-corrected chi connectivity index (χ2v) is 5.52. The molecule has 0 bridgehead atoms. The summed E-state index contributed by atoms with van der Waals surface area (Å²) in [7, 11) is -1.27. The minimum Gasteiger partial charge on any atom is -0.468 e. The number of aliphatic hydroxyl groups excluding tert-OH is 1. The molecule has 0 fully saturated rings. The fourth-order valence-corrected chi connectivity index (χ4v) is 2.29. The summed E-state index contributed by atoms with van der Waals surface area (Å²) in [5.41, 5.74) is 0. The average Bonchev–Trinajstić information content (AvgIpc) is 2.32. The highest BCUT2D eigenvalue weighted by Gasteiger charge is 2.30. The van der Waals surface area contributed by atoms with E-state index in [1.165, 1.54) is 14.0 Å². The maximum Gasteiger partial charge on any atom is 0.325 e. The lowest BCUT2D eigenvalue weighted by molar-refractivity contribution is -0.139. The van der Waals surface area contributed by atoms with Gasteiger partial charge in [-0.15, -0.1) is 0 Å². The van der Waals surface area contributed by atoms with Gasteiger partial charge in [-0.2, -0.15) is 0 Å². The summed E-state index contributed by atoms with van der Waals surface area (Å²) in [6.07, 6.45) is 0.320. The first kappa shape index (κ1) is 16.3. The lowest BCUT2D eigenvalue weighted by Crippen LogP contribution is -2.45. The molecule has 0 aromatic carbocycles. The standard InChI is InChI=1S/C9H19NO6S/c1-7(9(12)16-3)17(13,14)10-8(6-11)4-5-15-2/h7-8,10-11H,4-6H2,1-3H3. The van der Waals surface area contributed by atoms with E-state index in [1.807, 2.05) is 0 Å². The van der Waals surface area contributed by atoms with Crippen LogP contribution in [0.1, 0.15) is 13.3 Å². The Balaban J connectivity index is 4.55. The highest BCUT2D eigenvalue weighted by molar-refractivity contribution is 7.90. The topological polar surface area (TPSA) is 102 Å². The van der Waals surface area contributed by atoms with E-state index in [-0.39, 0.29) is 6.61 Å². The van der Waals surface area contributed by atoms with Gasteiger partial charge in [0.05, 0.1) is 13.7 Å². The highest BCUT2D eigenvalue weighted by Crippen LogP contribution is 2.04. The Morgan fingerprint density at radius 1 is 1.41 bits per heavy atom. The van der Waals surface area contributed by atoms with Crippen molar-refractivity contribution < 1.29 is 27.8 Å². The van der Waals surface area contributed by atoms with E-state index in [2.05, 4.69) is 9.46 Å². The number of ether oxygens (including phenoxy) is 2. The average molecular weight is 269 g/mol. The summed E-state index contributed by atoms with van der Waals surface area (Å²) < 4.78 is 34.8. The van der Waals surface area contributed by atoms with Gasteiger partial charge in [-0.05, 0) is 13.3 Å². The van der Waals surface area contributed by atoms with Crippen LogP contribution >= 0.6 is 0 Å². The van der Waals surface area contributed by atoms with Gasteiger partial charge in [0.2, 0.25) is 10.0 Å². The van der Waals surface area contributed by atoms with Crippen molar-refractivity contribution in [1.29, 1.82) is 0 Å². The van der Waals surface area contributed by atoms with Crippen molar-refractivity contribution >= 4 is 16.0 Å². The van der Waals surface area contributed by atoms with Gasteiger partial charge in [-0.3, -0.25) is 4.79 Å². The molecule has 2 unspecified atom stereocenters. The lowest BCUT2D eigenvalue weighted by Gasteiger charge is -2.18. The van der Waals surface area contributed by atoms with Crippen molar-refractivity contribution in [3.63, 3.8) is 0 Å². The zero-order valence-corrected chi connectivity index (χ0v) is 11.0. The Labute approximate surface area is 101 Å². The van der Waals surface area contributed by atoms with Crippen molar-refractivity contribution in [2.24, 2.45) is 0 Å². The molecule has 0 aliphatic carbocycles. The Hall–Kier alpha value is -0.700. The number of carbonyl (C=O) groups excluding carboxylic acids is 1. The zero-order chi connectivity index (χ0) is 13.5. The number of hydrogen-bond donors (Lipinski definition) is 2. The molecule has 2 atom stereocenters. The van der Waals surface area contributed by atoms with Crippen molar-refractivity contribution in [2.75, 3.05) is 27.4 Å². The molecule has 0 rings (SSSR count). The smallest absolute Gasteiger partial charge is 0.325 e. The van der Waals surface area contributed by atoms with Gasteiger partial charge in [0, 0.05) is 19.8 Å². The predicted molar refractivity (Wildman–Crippen MR) is 60.9 cm³/mol. The Bertz CT molecular complexity index is 328. The number of aliphatic hydroxyl groups is 1. The lowest BCUT2D eigenvalue weighted by atomic mass is 10.2. The largest absolute Gasteiger partial charge is 0.468 e. The number of nitrogens with one attached hydrogen (secondary N) is 1. The van der Waals surface area contributed by atoms with Gasteiger partial charge < -0.3 is 14.6 Å². The molecule has 0 spiro atoms. The molecular formula is C9H19NO6S. The molecule has 102 valence electrons. The third kappa shape index (κ3) is 5.44. The zero-order valence-electron chi connectivity index (χ0n) is 10.2. The first-order chi connectivity index (χ1) is 7.88. The third-order valence-electron chi connectivity index (χ3n) is 2.22. The number of esters is 1. The van der Waals surface area contributed by atoms with Gasteiger partial charge in [0.1, 0.15) is 0 Å². The first-order valence-electron chi connectivity index (χ1n) is 5.07. The Morgan fingerprint density at radius 3 is 2.41 bits per heavy atom. The summed E-state index contributed by atoms with van der Waals surface area (Å²) in [4.78, 5) is 11.1. The van der Waals surface area contributed by atoms with Crippen LogP contribution in [0.25, 0.3) is 0 Å². The van der Waals surface area contributed by atoms with E-state index in [1.54, 1.807) is 0 Å². The van der Waals surface area contributed by atoms with Crippen molar-refractivity contribution in [3.8, 4) is 0 Å². The number of carbonyl (C=O) groups is 1. The van der Waals surface area contributed by atoms with E-state index in [0.717, 1.165) is 7.11 Å². The van der Waals surface area contributed by atoms with E-state index < -0.39 is 27.3 Å². The molecule has 0 aliphatic heterocycles. The molecule has 0 heterocycles. The maximum absolute atomic E-state index is 11.7. The van der Waals surface area contributed by atoms with Crippen LogP contribution in [0.3, 0.4) is 0 Å². The monoisotopic (exact) mass is 269 g/mol. The summed E-state index contributed by atoms with van der Waals surface area (Å²) in [6, 6.07) is -0.674. The highest BCUT2D eigenvalue weighted by atomic mass is 32.2. The van der Waals surface area contributed by atoms with Gasteiger partial charge in [0.15, 0.2) is 5.25 Å². The Morgan fingerprint density at radius 2 is 2.00 bits per heavy atom. The van der Waals surface area contributed by atoms with Gasteiger partial charge in [-0.25, -0.2) is 13.1 Å². The minimum absolute atomic E-state index is 0.306. The molecule has 0 saturated carbocycles.